The Labute approximate surface area is 135 Å². The Morgan fingerprint density at radius 3 is 2.57 bits per heavy atom. The maximum absolute atomic E-state index is 13.1. The van der Waals surface area contributed by atoms with E-state index in [1.165, 1.54) is 0 Å². The van der Waals surface area contributed by atoms with E-state index >= 15 is 0 Å². The number of benzene rings is 1. The summed E-state index contributed by atoms with van der Waals surface area (Å²) in [4.78, 5) is 23.0. The molecule has 0 aromatic heterocycles. The van der Waals surface area contributed by atoms with E-state index in [9.17, 15) is 14.0 Å². The fraction of sp³-hybridized carbons (Fsp3) is 0.385. The second kappa shape index (κ2) is 7.61. The third-order valence-corrected chi connectivity index (χ3v) is 3.93. The predicted octanol–water partition coefficient (Wildman–Crippen LogP) is 3.86. The molecule has 2 atom stereocenters. The summed E-state index contributed by atoms with van der Waals surface area (Å²) in [5.74, 6) is -1.91. The monoisotopic (exact) mass is 380 g/mol. The van der Waals surface area contributed by atoms with Gasteiger partial charge in [-0.05, 0) is 34.0 Å². The standard InChI is InChI=1S/C13H15BrClFN2O3/c1-3-6(2)10(12(19)20)17-13(21)18-11-8(14)4-7(16)5-9(11)15/h4-6,10H,3H2,1-2H3,(H,19,20)(H2,17,18,21)/t6?,10-/m0/s1. The van der Waals surface area contributed by atoms with Crippen molar-refractivity contribution in [2.75, 3.05) is 5.32 Å². The number of rotatable bonds is 5. The van der Waals surface area contributed by atoms with Gasteiger partial charge >= 0.3 is 12.0 Å². The predicted molar refractivity (Wildman–Crippen MR) is 82.1 cm³/mol. The Balaban J connectivity index is 2.84. The molecule has 0 aliphatic rings. The zero-order valence-electron chi connectivity index (χ0n) is 11.4. The van der Waals surface area contributed by atoms with Crippen molar-refractivity contribution in [2.45, 2.75) is 26.3 Å². The molecule has 1 unspecified atom stereocenters. The van der Waals surface area contributed by atoms with Crippen LogP contribution in [0.25, 0.3) is 0 Å². The number of hydrogen-bond donors (Lipinski definition) is 3. The summed E-state index contributed by atoms with van der Waals surface area (Å²) in [7, 11) is 0. The summed E-state index contributed by atoms with van der Waals surface area (Å²) in [5.41, 5.74) is 0.170. The van der Waals surface area contributed by atoms with Crippen LogP contribution in [0.2, 0.25) is 5.02 Å². The van der Waals surface area contributed by atoms with Crippen molar-refractivity contribution in [3.8, 4) is 0 Å². The topological polar surface area (TPSA) is 78.4 Å². The maximum atomic E-state index is 13.1. The van der Waals surface area contributed by atoms with Gasteiger partial charge in [0.05, 0.1) is 10.7 Å². The zero-order chi connectivity index (χ0) is 16.2. The van der Waals surface area contributed by atoms with Crippen LogP contribution >= 0.6 is 27.5 Å². The molecule has 1 rings (SSSR count). The van der Waals surface area contributed by atoms with E-state index in [4.69, 9.17) is 16.7 Å². The fourth-order valence-corrected chi connectivity index (χ4v) is 2.53. The highest BCUT2D eigenvalue weighted by molar-refractivity contribution is 9.10. The summed E-state index contributed by atoms with van der Waals surface area (Å²) < 4.78 is 13.4. The minimum atomic E-state index is -1.12. The van der Waals surface area contributed by atoms with Gasteiger partial charge in [0, 0.05) is 4.47 Å². The number of nitrogens with one attached hydrogen (secondary N) is 2. The lowest BCUT2D eigenvalue weighted by molar-refractivity contribution is -0.140. The van der Waals surface area contributed by atoms with Crippen LogP contribution in [0.1, 0.15) is 20.3 Å². The van der Waals surface area contributed by atoms with E-state index in [1.54, 1.807) is 6.92 Å². The van der Waals surface area contributed by atoms with Crippen molar-refractivity contribution in [2.24, 2.45) is 5.92 Å². The highest BCUT2D eigenvalue weighted by Gasteiger charge is 2.25. The first kappa shape index (κ1) is 17.7. The van der Waals surface area contributed by atoms with Gasteiger partial charge in [-0.1, -0.05) is 31.9 Å². The van der Waals surface area contributed by atoms with E-state index < -0.39 is 23.9 Å². The largest absolute Gasteiger partial charge is 0.480 e. The van der Waals surface area contributed by atoms with Crippen molar-refractivity contribution in [3.05, 3.63) is 27.4 Å². The number of hydrogen-bond acceptors (Lipinski definition) is 2. The molecule has 1 aromatic rings. The summed E-state index contributed by atoms with van der Waals surface area (Å²) in [6.07, 6.45) is 0.595. The number of carboxylic acid groups (broad SMARTS) is 1. The Morgan fingerprint density at radius 2 is 2.10 bits per heavy atom. The van der Waals surface area contributed by atoms with Gasteiger partial charge in [-0.25, -0.2) is 14.0 Å². The van der Waals surface area contributed by atoms with Crippen LogP contribution in [0, 0.1) is 11.7 Å². The first-order valence-corrected chi connectivity index (χ1v) is 7.38. The van der Waals surface area contributed by atoms with E-state index in [1.807, 2.05) is 6.92 Å². The Bertz CT molecular complexity index is 533. The van der Waals surface area contributed by atoms with Crippen molar-refractivity contribution < 1.29 is 19.1 Å². The number of carboxylic acids is 1. The average molecular weight is 382 g/mol. The highest BCUT2D eigenvalue weighted by Crippen LogP contribution is 2.31. The number of aliphatic carboxylic acids is 1. The van der Waals surface area contributed by atoms with Crippen LogP contribution in [0.3, 0.4) is 0 Å². The smallest absolute Gasteiger partial charge is 0.326 e. The molecule has 5 nitrogen and oxygen atoms in total. The average Bonchev–Trinajstić information content (AvgIpc) is 2.39. The van der Waals surface area contributed by atoms with E-state index in [-0.39, 0.29) is 21.1 Å². The summed E-state index contributed by atoms with van der Waals surface area (Å²) in [6.45, 7) is 3.55. The van der Waals surface area contributed by atoms with Gasteiger partial charge in [-0.2, -0.15) is 0 Å². The molecule has 0 fully saturated rings. The van der Waals surface area contributed by atoms with Gasteiger partial charge in [0.2, 0.25) is 0 Å². The molecule has 0 bridgehead atoms. The molecule has 3 N–H and O–H groups in total. The highest BCUT2D eigenvalue weighted by atomic mass is 79.9. The SMILES string of the molecule is CCC(C)[C@H](NC(=O)Nc1c(Cl)cc(F)cc1Br)C(=O)O. The molecule has 0 heterocycles. The molecule has 0 saturated heterocycles. The molecule has 0 radical (unpaired) electrons. The number of carbonyl (C=O) groups excluding carboxylic acids is 1. The molecule has 8 heteroatoms. The number of anilines is 1. The van der Waals surface area contributed by atoms with Crippen molar-refractivity contribution in [3.63, 3.8) is 0 Å². The third kappa shape index (κ3) is 4.86. The summed E-state index contributed by atoms with van der Waals surface area (Å²) in [5, 5.41) is 13.9. The second-order valence-electron chi connectivity index (χ2n) is 4.54. The van der Waals surface area contributed by atoms with Crippen LogP contribution in [0.5, 0.6) is 0 Å². The molecule has 1 aromatic carbocycles. The molecule has 0 aliphatic heterocycles. The molecule has 0 saturated carbocycles. The molecular formula is C13H15BrClFN2O3. The molecule has 21 heavy (non-hydrogen) atoms. The Hall–Kier alpha value is -1.34. The summed E-state index contributed by atoms with van der Waals surface area (Å²) in [6, 6.07) is 0.445. The molecule has 0 spiro atoms. The lowest BCUT2D eigenvalue weighted by Crippen LogP contribution is -2.46. The molecule has 2 amide bonds. The minimum Gasteiger partial charge on any atom is -0.480 e. The van der Waals surface area contributed by atoms with Crippen LogP contribution in [-0.2, 0) is 4.79 Å². The summed E-state index contributed by atoms with van der Waals surface area (Å²) >= 11 is 8.92. The van der Waals surface area contributed by atoms with Crippen LogP contribution < -0.4 is 10.6 Å². The van der Waals surface area contributed by atoms with Gasteiger partial charge in [0.1, 0.15) is 11.9 Å². The van der Waals surface area contributed by atoms with Crippen LogP contribution in [-0.4, -0.2) is 23.1 Å². The number of carbonyl (C=O) groups is 2. The van der Waals surface area contributed by atoms with Crippen LogP contribution in [0.15, 0.2) is 16.6 Å². The van der Waals surface area contributed by atoms with Crippen molar-refractivity contribution >= 4 is 45.2 Å². The Morgan fingerprint density at radius 1 is 1.48 bits per heavy atom. The van der Waals surface area contributed by atoms with Gasteiger partial charge in [-0.15, -0.1) is 0 Å². The first-order valence-electron chi connectivity index (χ1n) is 6.21. The molecule has 116 valence electrons. The lowest BCUT2D eigenvalue weighted by atomic mass is 9.99. The number of halogens is 3. The van der Waals surface area contributed by atoms with Gasteiger partial charge in [0.15, 0.2) is 0 Å². The molecule has 0 aliphatic carbocycles. The second-order valence-corrected chi connectivity index (χ2v) is 5.81. The van der Waals surface area contributed by atoms with Crippen molar-refractivity contribution in [1.82, 2.24) is 5.32 Å². The normalized spacial score (nSPS) is 13.4. The van der Waals surface area contributed by atoms with Gasteiger partial charge in [0.25, 0.3) is 0 Å². The minimum absolute atomic E-state index is 0.00689. The molecular weight excluding hydrogens is 367 g/mol. The first-order chi connectivity index (χ1) is 9.76. The van der Waals surface area contributed by atoms with E-state index in [0.29, 0.717) is 6.42 Å². The van der Waals surface area contributed by atoms with Crippen molar-refractivity contribution in [1.29, 1.82) is 0 Å². The fourth-order valence-electron chi connectivity index (χ4n) is 1.64. The zero-order valence-corrected chi connectivity index (χ0v) is 13.8. The lowest BCUT2D eigenvalue weighted by Gasteiger charge is -2.20. The number of amides is 2. The van der Waals surface area contributed by atoms with E-state index in [2.05, 4.69) is 26.6 Å². The quantitative estimate of drug-likeness (QED) is 0.724. The Kier molecular flexibility index (Phi) is 6.42. The van der Waals surface area contributed by atoms with Crippen LogP contribution in [0.4, 0.5) is 14.9 Å². The maximum Gasteiger partial charge on any atom is 0.326 e. The van der Waals surface area contributed by atoms with Gasteiger partial charge < -0.3 is 15.7 Å². The van der Waals surface area contributed by atoms with Gasteiger partial charge in [-0.3, -0.25) is 0 Å². The van der Waals surface area contributed by atoms with E-state index in [0.717, 1.165) is 12.1 Å². The third-order valence-electron chi connectivity index (χ3n) is 3.01. The number of urea groups is 1.